The number of hydrogen-bond donors (Lipinski definition) is 0. The van der Waals surface area contributed by atoms with Crippen LogP contribution in [0.4, 0.5) is 0 Å². The van der Waals surface area contributed by atoms with E-state index in [2.05, 4.69) is 0 Å². The lowest BCUT2D eigenvalue weighted by Crippen LogP contribution is -2.29. The second-order valence-corrected chi connectivity index (χ2v) is 7.04. The van der Waals surface area contributed by atoms with E-state index in [4.69, 9.17) is 11.6 Å². The third kappa shape index (κ3) is 2.49. The molecule has 1 aromatic rings. The molecule has 3 nitrogen and oxygen atoms in total. The van der Waals surface area contributed by atoms with Crippen LogP contribution in [0.2, 0.25) is 0 Å². The highest BCUT2D eigenvalue weighted by Crippen LogP contribution is 2.26. The summed E-state index contributed by atoms with van der Waals surface area (Å²) in [6, 6.07) is 5.49. The maximum atomic E-state index is 12.4. The van der Waals surface area contributed by atoms with Crippen molar-refractivity contribution in [1.82, 2.24) is 4.31 Å². The molecular formula is C12H16ClNO2S. The van der Waals surface area contributed by atoms with Gasteiger partial charge in [0.1, 0.15) is 0 Å². The number of alkyl halides is 1. The molecule has 17 heavy (non-hydrogen) atoms. The standard InChI is InChI=1S/C12H16ClNO2S/c1-9-3-4-10(2)12(7-9)17(15,16)14-6-5-11(13)8-14/h3-4,7,11H,5-6,8H2,1-2H3. The zero-order valence-electron chi connectivity index (χ0n) is 9.98. The van der Waals surface area contributed by atoms with E-state index in [1.54, 1.807) is 6.07 Å². The van der Waals surface area contributed by atoms with Gasteiger partial charge in [0.25, 0.3) is 0 Å². The molecule has 0 N–H and O–H groups in total. The average molecular weight is 274 g/mol. The summed E-state index contributed by atoms with van der Waals surface area (Å²) in [5, 5.41) is -0.0603. The van der Waals surface area contributed by atoms with E-state index in [-0.39, 0.29) is 5.38 Å². The molecule has 0 amide bonds. The molecule has 2 rings (SSSR count). The molecule has 0 radical (unpaired) electrons. The number of aryl methyl sites for hydroxylation is 2. The Morgan fingerprint density at radius 1 is 1.35 bits per heavy atom. The predicted molar refractivity (Wildman–Crippen MR) is 68.9 cm³/mol. The zero-order chi connectivity index (χ0) is 12.6. The lowest BCUT2D eigenvalue weighted by Gasteiger charge is -2.17. The third-order valence-corrected chi connectivity index (χ3v) is 5.42. The molecule has 1 unspecified atom stereocenters. The van der Waals surface area contributed by atoms with Crippen molar-refractivity contribution in [2.75, 3.05) is 13.1 Å². The lowest BCUT2D eigenvalue weighted by atomic mass is 10.2. The molecule has 1 atom stereocenters. The Balaban J connectivity index is 2.41. The smallest absolute Gasteiger partial charge is 0.207 e. The van der Waals surface area contributed by atoms with Crippen molar-refractivity contribution in [2.24, 2.45) is 0 Å². The van der Waals surface area contributed by atoms with Crippen LogP contribution in [0.3, 0.4) is 0 Å². The minimum Gasteiger partial charge on any atom is -0.207 e. The summed E-state index contributed by atoms with van der Waals surface area (Å²) in [5.41, 5.74) is 1.74. The maximum absolute atomic E-state index is 12.4. The van der Waals surface area contributed by atoms with Gasteiger partial charge in [-0.05, 0) is 37.5 Å². The summed E-state index contributed by atoms with van der Waals surface area (Å²) in [6.07, 6.45) is 0.728. The van der Waals surface area contributed by atoms with Gasteiger partial charge < -0.3 is 0 Å². The molecule has 1 fully saturated rings. The Bertz CT molecular complexity index is 527. The molecular weight excluding hydrogens is 258 g/mol. The molecule has 1 aromatic carbocycles. The molecule has 1 aliphatic heterocycles. The Kier molecular flexibility index (Phi) is 3.48. The van der Waals surface area contributed by atoms with Gasteiger partial charge >= 0.3 is 0 Å². The van der Waals surface area contributed by atoms with Crippen LogP contribution >= 0.6 is 11.6 Å². The van der Waals surface area contributed by atoms with E-state index in [0.29, 0.717) is 18.0 Å². The van der Waals surface area contributed by atoms with E-state index >= 15 is 0 Å². The summed E-state index contributed by atoms with van der Waals surface area (Å²) in [6.45, 7) is 4.65. The highest BCUT2D eigenvalue weighted by molar-refractivity contribution is 7.89. The van der Waals surface area contributed by atoms with Crippen LogP contribution in [-0.4, -0.2) is 31.2 Å². The van der Waals surface area contributed by atoms with E-state index in [1.165, 1.54) is 4.31 Å². The number of rotatable bonds is 2. The van der Waals surface area contributed by atoms with Crippen molar-refractivity contribution in [1.29, 1.82) is 0 Å². The van der Waals surface area contributed by atoms with Crippen LogP contribution in [0, 0.1) is 13.8 Å². The summed E-state index contributed by atoms with van der Waals surface area (Å²) >= 11 is 5.97. The molecule has 1 heterocycles. The first kappa shape index (κ1) is 12.9. The van der Waals surface area contributed by atoms with Gasteiger partial charge in [-0.25, -0.2) is 8.42 Å². The first-order valence-electron chi connectivity index (χ1n) is 5.63. The molecule has 5 heteroatoms. The Labute approximate surface area is 107 Å². The van der Waals surface area contributed by atoms with Gasteiger partial charge in [-0.1, -0.05) is 12.1 Å². The van der Waals surface area contributed by atoms with E-state index in [9.17, 15) is 8.42 Å². The van der Waals surface area contributed by atoms with Crippen LogP contribution in [0.15, 0.2) is 23.1 Å². The fraction of sp³-hybridized carbons (Fsp3) is 0.500. The number of nitrogens with zero attached hydrogens (tertiary/aromatic N) is 1. The lowest BCUT2D eigenvalue weighted by molar-refractivity contribution is 0.477. The minimum absolute atomic E-state index is 0.0603. The first-order chi connectivity index (χ1) is 7.91. The zero-order valence-corrected chi connectivity index (χ0v) is 11.6. The minimum atomic E-state index is -3.38. The quantitative estimate of drug-likeness (QED) is 0.776. The first-order valence-corrected chi connectivity index (χ1v) is 7.50. The number of hydrogen-bond acceptors (Lipinski definition) is 2. The fourth-order valence-electron chi connectivity index (χ4n) is 2.03. The van der Waals surface area contributed by atoms with Crippen molar-refractivity contribution < 1.29 is 8.42 Å². The molecule has 94 valence electrons. The van der Waals surface area contributed by atoms with Crippen LogP contribution in [0.25, 0.3) is 0 Å². The van der Waals surface area contributed by atoms with Crippen molar-refractivity contribution in [2.45, 2.75) is 30.5 Å². The molecule has 0 spiro atoms. The van der Waals surface area contributed by atoms with E-state index < -0.39 is 10.0 Å². The molecule has 0 aliphatic carbocycles. The SMILES string of the molecule is Cc1ccc(C)c(S(=O)(=O)N2CCC(Cl)C2)c1. The normalized spacial score (nSPS) is 21.9. The largest absolute Gasteiger partial charge is 0.243 e. The Morgan fingerprint density at radius 2 is 2.06 bits per heavy atom. The predicted octanol–water partition coefficient (Wildman–Crippen LogP) is 2.31. The van der Waals surface area contributed by atoms with Crippen LogP contribution in [0.5, 0.6) is 0 Å². The average Bonchev–Trinajstić information content (AvgIpc) is 2.69. The van der Waals surface area contributed by atoms with Gasteiger partial charge in [0, 0.05) is 18.5 Å². The van der Waals surface area contributed by atoms with Crippen molar-refractivity contribution >= 4 is 21.6 Å². The summed E-state index contributed by atoms with van der Waals surface area (Å²) < 4.78 is 26.3. The summed E-state index contributed by atoms with van der Waals surface area (Å²) in [4.78, 5) is 0.406. The maximum Gasteiger partial charge on any atom is 0.243 e. The van der Waals surface area contributed by atoms with E-state index in [1.807, 2.05) is 26.0 Å². The number of halogens is 1. The van der Waals surface area contributed by atoms with Crippen LogP contribution in [-0.2, 0) is 10.0 Å². The van der Waals surface area contributed by atoms with Gasteiger partial charge in [-0.15, -0.1) is 11.6 Å². The van der Waals surface area contributed by atoms with Gasteiger partial charge in [0.2, 0.25) is 10.0 Å². The molecule has 1 aliphatic rings. The summed E-state index contributed by atoms with van der Waals surface area (Å²) in [5.74, 6) is 0. The Hall–Kier alpha value is -0.580. The number of sulfonamides is 1. The monoisotopic (exact) mass is 273 g/mol. The van der Waals surface area contributed by atoms with E-state index in [0.717, 1.165) is 17.5 Å². The fourth-order valence-corrected chi connectivity index (χ4v) is 4.19. The topological polar surface area (TPSA) is 37.4 Å². The van der Waals surface area contributed by atoms with Gasteiger partial charge in [-0.2, -0.15) is 4.31 Å². The Morgan fingerprint density at radius 3 is 2.65 bits per heavy atom. The van der Waals surface area contributed by atoms with Crippen molar-refractivity contribution in [3.05, 3.63) is 29.3 Å². The summed E-state index contributed by atoms with van der Waals surface area (Å²) in [7, 11) is -3.38. The second kappa shape index (κ2) is 4.59. The molecule has 1 saturated heterocycles. The van der Waals surface area contributed by atoms with Gasteiger partial charge in [0.05, 0.1) is 4.90 Å². The molecule has 0 saturated carbocycles. The van der Waals surface area contributed by atoms with Crippen LogP contribution in [0.1, 0.15) is 17.5 Å². The highest BCUT2D eigenvalue weighted by Gasteiger charge is 2.32. The van der Waals surface area contributed by atoms with Gasteiger partial charge in [0.15, 0.2) is 0 Å². The highest BCUT2D eigenvalue weighted by atomic mass is 35.5. The van der Waals surface area contributed by atoms with Crippen LogP contribution < -0.4 is 0 Å². The second-order valence-electron chi connectivity index (χ2n) is 4.52. The number of benzene rings is 1. The molecule has 0 bridgehead atoms. The van der Waals surface area contributed by atoms with Gasteiger partial charge in [-0.3, -0.25) is 0 Å². The third-order valence-electron chi connectivity index (χ3n) is 3.05. The molecule has 0 aromatic heterocycles. The van der Waals surface area contributed by atoms with Crippen molar-refractivity contribution in [3.63, 3.8) is 0 Å². The van der Waals surface area contributed by atoms with Crippen molar-refractivity contribution in [3.8, 4) is 0 Å².